The van der Waals surface area contributed by atoms with Crippen LogP contribution in [-0.2, 0) is 14.3 Å². The fraction of sp³-hybridized carbons (Fsp3) is 0.444. The van der Waals surface area contributed by atoms with Crippen molar-refractivity contribution in [1.82, 2.24) is 0 Å². The summed E-state index contributed by atoms with van der Waals surface area (Å²) in [5.41, 5.74) is 1.80. The van der Waals surface area contributed by atoms with Crippen LogP contribution in [0.4, 0.5) is 5.69 Å². The van der Waals surface area contributed by atoms with Gasteiger partial charge in [-0.1, -0.05) is 19.9 Å². The van der Waals surface area contributed by atoms with Gasteiger partial charge in [-0.25, -0.2) is 4.79 Å². The second-order valence-electron chi connectivity index (χ2n) is 5.91. The molecule has 0 N–H and O–H groups in total. The van der Waals surface area contributed by atoms with Crippen LogP contribution in [0.3, 0.4) is 0 Å². The highest BCUT2D eigenvalue weighted by molar-refractivity contribution is 6.05. The summed E-state index contributed by atoms with van der Waals surface area (Å²) in [6.07, 6.45) is 2.34. The van der Waals surface area contributed by atoms with Crippen LogP contribution in [0.25, 0.3) is 0 Å². The molecule has 0 aliphatic carbocycles. The van der Waals surface area contributed by atoms with E-state index in [4.69, 9.17) is 9.47 Å². The molecule has 0 saturated heterocycles. The van der Waals surface area contributed by atoms with Crippen LogP contribution in [0.15, 0.2) is 30.4 Å². The second kappa shape index (κ2) is 7.31. The van der Waals surface area contributed by atoms with Gasteiger partial charge in [-0.05, 0) is 37.5 Å². The fourth-order valence-electron chi connectivity index (χ4n) is 2.39. The van der Waals surface area contributed by atoms with E-state index in [-0.39, 0.29) is 24.5 Å². The lowest BCUT2D eigenvalue weighted by atomic mass is 10.0. The van der Waals surface area contributed by atoms with Gasteiger partial charge in [-0.3, -0.25) is 4.79 Å². The number of hydrogen-bond acceptors (Lipinski definition) is 4. The zero-order valence-electron chi connectivity index (χ0n) is 14.0. The van der Waals surface area contributed by atoms with Crippen molar-refractivity contribution in [3.63, 3.8) is 0 Å². The van der Waals surface area contributed by atoms with Crippen molar-refractivity contribution in [3.8, 4) is 5.75 Å². The zero-order valence-corrected chi connectivity index (χ0v) is 14.0. The minimum Gasteiger partial charge on any atom is -0.486 e. The van der Waals surface area contributed by atoms with Gasteiger partial charge in [-0.2, -0.15) is 0 Å². The lowest BCUT2D eigenvalue weighted by Gasteiger charge is -2.36. The zero-order chi connectivity index (χ0) is 17.0. The van der Waals surface area contributed by atoms with Crippen LogP contribution in [-0.4, -0.2) is 31.1 Å². The Hall–Kier alpha value is -2.30. The Kier molecular flexibility index (Phi) is 5.42. The number of fused-ring (bicyclic) bond motifs is 1. The summed E-state index contributed by atoms with van der Waals surface area (Å²) < 4.78 is 10.8. The fourth-order valence-corrected chi connectivity index (χ4v) is 2.39. The number of benzene rings is 1. The highest BCUT2D eigenvalue weighted by Crippen LogP contribution is 2.35. The van der Waals surface area contributed by atoms with Crippen molar-refractivity contribution in [2.24, 2.45) is 5.92 Å². The Morgan fingerprint density at radius 1 is 1.39 bits per heavy atom. The molecule has 0 bridgehead atoms. The molecule has 0 radical (unpaired) electrons. The molecular weight excluding hydrogens is 294 g/mol. The number of hydrogen-bond donors (Lipinski definition) is 0. The van der Waals surface area contributed by atoms with E-state index in [1.165, 1.54) is 12.2 Å². The molecule has 0 aromatic heterocycles. The van der Waals surface area contributed by atoms with Crippen LogP contribution in [0, 0.1) is 12.8 Å². The molecule has 1 amide bonds. The largest absolute Gasteiger partial charge is 0.486 e. The number of nitrogens with zero attached hydrogens (tertiary/aromatic N) is 1. The van der Waals surface area contributed by atoms with E-state index < -0.39 is 5.97 Å². The van der Waals surface area contributed by atoms with Gasteiger partial charge in [0.1, 0.15) is 11.9 Å². The lowest BCUT2D eigenvalue weighted by molar-refractivity contribution is -0.137. The van der Waals surface area contributed by atoms with E-state index in [2.05, 4.69) is 13.8 Å². The predicted molar refractivity (Wildman–Crippen MR) is 88.6 cm³/mol. The average Bonchev–Trinajstić information content (AvgIpc) is 2.51. The molecular formula is C18H23NO4. The maximum absolute atomic E-state index is 12.5. The molecule has 0 saturated carbocycles. The SMILES string of the molecule is CCOC(=O)C=CC(=O)N1CC(C(C)C)Oc2cc(C)ccc21. The smallest absolute Gasteiger partial charge is 0.330 e. The van der Waals surface area contributed by atoms with Gasteiger partial charge in [-0.15, -0.1) is 0 Å². The molecule has 5 heteroatoms. The Bertz CT molecular complexity index is 621. The second-order valence-corrected chi connectivity index (χ2v) is 5.91. The number of rotatable bonds is 4. The van der Waals surface area contributed by atoms with Crippen molar-refractivity contribution < 1.29 is 19.1 Å². The van der Waals surface area contributed by atoms with E-state index in [0.717, 1.165) is 11.3 Å². The van der Waals surface area contributed by atoms with Crippen LogP contribution in [0.1, 0.15) is 26.3 Å². The van der Waals surface area contributed by atoms with E-state index in [1.54, 1.807) is 11.8 Å². The van der Waals surface area contributed by atoms with Crippen LogP contribution in [0.5, 0.6) is 5.75 Å². The van der Waals surface area contributed by atoms with Crippen molar-refractivity contribution in [1.29, 1.82) is 0 Å². The van der Waals surface area contributed by atoms with Crippen LogP contribution in [0.2, 0.25) is 0 Å². The lowest BCUT2D eigenvalue weighted by Crippen LogP contribution is -2.45. The molecule has 1 aromatic rings. The highest BCUT2D eigenvalue weighted by atomic mass is 16.5. The molecule has 5 nitrogen and oxygen atoms in total. The Morgan fingerprint density at radius 3 is 2.78 bits per heavy atom. The maximum Gasteiger partial charge on any atom is 0.330 e. The first-order chi connectivity index (χ1) is 10.9. The molecule has 1 atom stereocenters. The maximum atomic E-state index is 12.5. The third kappa shape index (κ3) is 4.12. The van der Waals surface area contributed by atoms with Crippen LogP contribution < -0.4 is 9.64 Å². The van der Waals surface area contributed by atoms with Gasteiger partial charge in [0.15, 0.2) is 0 Å². The molecule has 23 heavy (non-hydrogen) atoms. The van der Waals surface area contributed by atoms with Crippen LogP contribution >= 0.6 is 0 Å². The minimum atomic E-state index is -0.515. The molecule has 1 aliphatic heterocycles. The number of carbonyl (C=O) groups is 2. The molecule has 1 aliphatic rings. The monoisotopic (exact) mass is 317 g/mol. The van der Waals surface area contributed by atoms with Gasteiger partial charge in [0.05, 0.1) is 18.8 Å². The van der Waals surface area contributed by atoms with E-state index >= 15 is 0 Å². The standard InChI is InChI=1S/C18H23NO4/c1-5-22-18(21)9-8-17(20)19-11-16(12(2)3)23-15-10-13(4)6-7-14(15)19/h6-10,12,16H,5,11H2,1-4H3. The average molecular weight is 317 g/mol. The number of ether oxygens (including phenoxy) is 2. The summed E-state index contributed by atoms with van der Waals surface area (Å²) in [7, 11) is 0. The molecule has 1 aromatic carbocycles. The Balaban J connectivity index is 2.26. The Morgan fingerprint density at radius 2 is 2.13 bits per heavy atom. The summed E-state index contributed by atoms with van der Waals surface area (Å²) >= 11 is 0. The van der Waals surface area contributed by atoms with Crippen molar-refractivity contribution in [3.05, 3.63) is 35.9 Å². The first-order valence-corrected chi connectivity index (χ1v) is 7.86. The number of esters is 1. The summed E-state index contributed by atoms with van der Waals surface area (Å²) in [5, 5.41) is 0. The molecule has 0 spiro atoms. The highest BCUT2D eigenvalue weighted by Gasteiger charge is 2.30. The van der Waals surface area contributed by atoms with Gasteiger partial charge < -0.3 is 14.4 Å². The third-order valence-electron chi connectivity index (χ3n) is 3.71. The minimum absolute atomic E-state index is 0.0794. The van der Waals surface area contributed by atoms with E-state index in [0.29, 0.717) is 12.3 Å². The van der Waals surface area contributed by atoms with Gasteiger partial charge in [0.2, 0.25) is 0 Å². The van der Waals surface area contributed by atoms with Crippen molar-refractivity contribution >= 4 is 17.6 Å². The molecule has 0 fully saturated rings. The summed E-state index contributed by atoms with van der Waals surface area (Å²) in [5.74, 6) is 0.205. The number of anilines is 1. The quantitative estimate of drug-likeness (QED) is 0.633. The van der Waals surface area contributed by atoms with Gasteiger partial charge in [0, 0.05) is 12.2 Å². The van der Waals surface area contributed by atoms with Gasteiger partial charge >= 0.3 is 5.97 Å². The molecule has 124 valence electrons. The van der Waals surface area contributed by atoms with Crippen molar-refractivity contribution in [2.45, 2.75) is 33.8 Å². The van der Waals surface area contributed by atoms with E-state index in [9.17, 15) is 9.59 Å². The molecule has 2 rings (SSSR count). The summed E-state index contributed by atoms with van der Waals surface area (Å²) in [6.45, 7) is 8.56. The molecule has 1 unspecified atom stereocenters. The molecule has 1 heterocycles. The first kappa shape index (κ1) is 17.1. The summed E-state index contributed by atoms with van der Waals surface area (Å²) in [6, 6.07) is 5.74. The van der Waals surface area contributed by atoms with Gasteiger partial charge in [0.25, 0.3) is 5.91 Å². The topological polar surface area (TPSA) is 55.8 Å². The van der Waals surface area contributed by atoms with E-state index in [1.807, 2.05) is 25.1 Å². The number of amides is 1. The normalized spacial score (nSPS) is 17.1. The van der Waals surface area contributed by atoms with Crippen molar-refractivity contribution in [2.75, 3.05) is 18.1 Å². The summed E-state index contributed by atoms with van der Waals surface area (Å²) in [4.78, 5) is 25.5. The number of carbonyl (C=O) groups excluding carboxylic acids is 2. The predicted octanol–water partition coefficient (Wildman–Crippen LogP) is 2.86. The Labute approximate surface area is 136 Å². The first-order valence-electron chi connectivity index (χ1n) is 7.86. The number of aryl methyl sites for hydroxylation is 1. The third-order valence-corrected chi connectivity index (χ3v) is 3.71.